The van der Waals surface area contributed by atoms with Gasteiger partial charge in [0.15, 0.2) is 0 Å². The molecular weight excluding hydrogens is 232 g/mol. The Morgan fingerprint density at radius 1 is 1.56 bits per heavy atom. The number of hydrogen-bond acceptors (Lipinski definition) is 4. The van der Waals surface area contributed by atoms with E-state index in [4.69, 9.17) is 4.42 Å². The van der Waals surface area contributed by atoms with E-state index >= 15 is 0 Å². The van der Waals surface area contributed by atoms with Gasteiger partial charge in [0.05, 0.1) is 12.5 Å². The van der Waals surface area contributed by atoms with Crippen molar-refractivity contribution in [2.24, 2.45) is 0 Å². The highest BCUT2D eigenvalue weighted by atomic mass is 16.3. The van der Waals surface area contributed by atoms with Crippen molar-refractivity contribution in [1.29, 1.82) is 0 Å². The average Bonchev–Trinajstić information content (AvgIpc) is 3.00. The molecule has 0 unspecified atom stereocenters. The third-order valence-electron chi connectivity index (χ3n) is 2.56. The Morgan fingerprint density at radius 3 is 3.06 bits per heavy atom. The van der Waals surface area contributed by atoms with E-state index in [-0.39, 0.29) is 11.7 Å². The lowest BCUT2D eigenvalue weighted by Gasteiger charge is -2.13. The molecule has 2 heterocycles. The molecule has 0 bridgehead atoms. The second kappa shape index (κ2) is 5.48. The molecule has 0 saturated carbocycles. The quantitative estimate of drug-likeness (QED) is 0.872. The van der Waals surface area contributed by atoms with E-state index in [1.54, 1.807) is 24.5 Å². The molecule has 6 heteroatoms. The van der Waals surface area contributed by atoms with Gasteiger partial charge in [0, 0.05) is 25.6 Å². The topological polar surface area (TPSA) is 75.0 Å². The molecule has 2 aromatic rings. The molecule has 0 spiro atoms. The fourth-order valence-electron chi connectivity index (χ4n) is 1.64. The molecule has 0 aliphatic rings. The molecule has 96 valence electrons. The van der Waals surface area contributed by atoms with E-state index in [0.717, 1.165) is 24.2 Å². The Morgan fingerprint density at radius 2 is 2.39 bits per heavy atom. The zero-order valence-electron chi connectivity index (χ0n) is 10.5. The zero-order chi connectivity index (χ0) is 13.0. The lowest BCUT2D eigenvalue weighted by molar-refractivity contribution is 0.0773. The summed E-state index contributed by atoms with van der Waals surface area (Å²) < 4.78 is 4.96. The van der Waals surface area contributed by atoms with Gasteiger partial charge in [0.25, 0.3) is 5.91 Å². The second-order valence-corrected chi connectivity index (χ2v) is 4.15. The van der Waals surface area contributed by atoms with E-state index in [1.165, 1.54) is 0 Å². The summed E-state index contributed by atoms with van der Waals surface area (Å²) >= 11 is 0. The van der Waals surface area contributed by atoms with E-state index in [2.05, 4.69) is 22.1 Å². The van der Waals surface area contributed by atoms with Crippen LogP contribution in [0.3, 0.4) is 0 Å². The first kappa shape index (κ1) is 12.3. The van der Waals surface area contributed by atoms with Gasteiger partial charge in [-0.15, -0.1) is 5.10 Å². The first-order valence-electron chi connectivity index (χ1n) is 5.88. The van der Waals surface area contributed by atoms with E-state index in [1.807, 2.05) is 6.07 Å². The van der Waals surface area contributed by atoms with Crippen LogP contribution in [-0.2, 0) is 13.0 Å². The van der Waals surface area contributed by atoms with Crippen molar-refractivity contribution >= 4 is 5.91 Å². The third kappa shape index (κ3) is 2.77. The predicted octanol–water partition coefficient (Wildman–Crippen LogP) is 1.62. The molecule has 1 N–H and O–H groups in total. The Bertz CT molecular complexity index is 504. The minimum Gasteiger partial charge on any atom is -0.472 e. The number of rotatable bonds is 5. The highest BCUT2D eigenvalue weighted by Gasteiger charge is 2.17. The van der Waals surface area contributed by atoms with Crippen molar-refractivity contribution in [3.05, 3.63) is 35.8 Å². The lowest BCUT2D eigenvalue weighted by Crippen LogP contribution is -2.27. The molecule has 0 saturated heterocycles. The number of aromatic amines is 1. The summed E-state index contributed by atoms with van der Waals surface area (Å²) in [6.45, 7) is 2.53. The summed E-state index contributed by atoms with van der Waals surface area (Å²) in [4.78, 5) is 17.8. The van der Waals surface area contributed by atoms with Crippen LogP contribution in [0.25, 0.3) is 0 Å². The Kier molecular flexibility index (Phi) is 3.76. The van der Waals surface area contributed by atoms with Crippen LogP contribution in [0.1, 0.15) is 35.4 Å². The predicted molar refractivity (Wildman–Crippen MR) is 64.9 cm³/mol. The molecule has 0 aliphatic carbocycles. The Labute approximate surface area is 105 Å². The van der Waals surface area contributed by atoms with Gasteiger partial charge in [-0.25, -0.2) is 4.98 Å². The van der Waals surface area contributed by atoms with Crippen molar-refractivity contribution in [3.8, 4) is 0 Å². The fourth-order valence-corrected chi connectivity index (χ4v) is 1.64. The number of H-pyrrole nitrogens is 1. The average molecular weight is 248 g/mol. The van der Waals surface area contributed by atoms with Crippen LogP contribution in [0.2, 0.25) is 0 Å². The molecule has 0 aliphatic heterocycles. The molecular formula is C12H16N4O2. The van der Waals surface area contributed by atoms with Crippen molar-refractivity contribution < 1.29 is 9.21 Å². The van der Waals surface area contributed by atoms with Gasteiger partial charge in [-0.05, 0) is 12.5 Å². The number of hydrogen-bond donors (Lipinski definition) is 1. The lowest BCUT2D eigenvalue weighted by atomic mass is 10.3. The minimum atomic E-state index is -0.199. The van der Waals surface area contributed by atoms with Crippen molar-refractivity contribution in [1.82, 2.24) is 20.1 Å². The molecule has 6 nitrogen and oxygen atoms in total. The summed E-state index contributed by atoms with van der Waals surface area (Å²) in [7, 11) is 1.71. The van der Waals surface area contributed by atoms with Gasteiger partial charge >= 0.3 is 0 Å². The van der Waals surface area contributed by atoms with Crippen LogP contribution >= 0.6 is 0 Å². The molecule has 1 amide bonds. The standard InChI is InChI=1S/C12H16N4O2/c1-3-4-10-13-11(15-14-10)12(17)16(2)7-9-5-6-18-8-9/h5-6,8H,3-4,7H2,1-2H3,(H,13,14,15). The van der Waals surface area contributed by atoms with Crippen LogP contribution in [0.4, 0.5) is 0 Å². The summed E-state index contributed by atoms with van der Waals surface area (Å²) in [6, 6.07) is 1.82. The van der Waals surface area contributed by atoms with E-state index in [9.17, 15) is 4.79 Å². The minimum absolute atomic E-state index is 0.199. The summed E-state index contributed by atoms with van der Waals surface area (Å²) in [6.07, 6.45) is 4.96. The third-order valence-corrected chi connectivity index (χ3v) is 2.56. The maximum atomic E-state index is 12.0. The van der Waals surface area contributed by atoms with Crippen LogP contribution in [-0.4, -0.2) is 33.0 Å². The summed E-state index contributed by atoms with van der Waals surface area (Å²) in [5, 5.41) is 6.71. The number of amides is 1. The van der Waals surface area contributed by atoms with Gasteiger partial charge < -0.3 is 9.32 Å². The Hall–Kier alpha value is -2.11. The molecule has 18 heavy (non-hydrogen) atoms. The summed E-state index contributed by atoms with van der Waals surface area (Å²) in [5.41, 5.74) is 0.940. The van der Waals surface area contributed by atoms with E-state index in [0.29, 0.717) is 6.54 Å². The number of aryl methyl sites for hydroxylation is 1. The fraction of sp³-hybridized carbons (Fsp3) is 0.417. The normalized spacial score (nSPS) is 10.6. The largest absolute Gasteiger partial charge is 0.472 e. The number of nitrogens with zero attached hydrogens (tertiary/aromatic N) is 3. The molecule has 0 radical (unpaired) electrons. The van der Waals surface area contributed by atoms with Crippen LogP contribution < -0.4 is 0 Å². The zero-order valence-corrected chi connectivity index (χ0v) is 10.5. The first-order chi connectivity index (χ1) is 8.70. The van der Waals surface area contributed by atoms with Gasteiger partial charge in [-0.1, -0.05) is 6.92 Å². The van der Waals surface area contributed by atoms with Gasteiger partial charge in [0.2, 0.25) is 5.82 Å². The van der Waals surface area contributed by atoms with Crippen LogP contribution in [0.5, 0.6) is 0 Å². The molecule has 0 aromatic carbocycles. The van der Waals surface area contributed by atoms with Gasteiger partial charge in [-0.3, -0.25) is 9.89 Å². The number of aromatic nitrogens is 3. The van der Waals surface area contributed by atoms with Gasteiger partial charge in [-0.2, -0.15) is 0 Å². The van der Waals surface area contributed by atoms with E-state index < -0.39 is 0 Å². The van der Waals surface area contributed by atoms with Gasteiger partial charge in [0.1, 0.15) is 5.82 Å². The highest BCUT2D eigenvalue weighted by Crippen LogP contribution is 2.06. The Balaban J connectivity index is 2.01. The molecule has 2 aromatic heterocycles. The smallest absolute Gasteiger partial charge is 0.293 e. The maximum absolute atomic E-state index is 12.0. The number of nitrogens with one attached hydrogen (secondary N) is 1. The number of furan rings is 1. The maximum Gasteiger partial charge on any atom is 0.293 e. The van der Waals surface area contributed by atoms with Crippen molar-refractivity contribution in [2.75, 3.05) is 7.05 Å². The van der Waals surface area contributed by atoms with Crippen molar-refractivity contribution in [3.63, 3.8) is 0 Å². The SMILES string of the molecule is CCCc1nc(C(=O)N(C)Cc2ccoc2)n[nH]1. The monoisotopic (exact) mass is 248 g/mol. The van der Waals surface area contributed by atoms with Crippen molar-refractivity contribution in [2.45, 2.75) is 26.3 Å². The number of carbonyl (C=O) groups excluding carboxylic acids is 1. The van der Waals surface area contributed by atoms with Crippen LogP contribution in [0, 0.1) is 0 Å². The molecule has 0 atom stereocenters. The highest BCUT2D eigenvalue weighted by molar-refractivity contribution is 5.90. The molecule has 2 rings (SSSR count). The first-order valence-corrected chi connectivity index (χ1v) is 5.88. The number of carbonyl (C=O) groups is 1. The second-order valence-electron chi connectivity index (χ2n) is 4.15. The molecule has 0 fully saturated rings. The summed E-state index contributed by atoms with van der Waals surface area (Å²) in [5.74, 6) is 0.761. The van der Waals surface area contributed by atoms with Crippen LogP contribution in [0.15, 0.2) is 23.0 Å².